The number of amides is 2. The number of carbonyl (C=O) groups is 2. The molecule has 26 heavy (non-hydrogen) atoms. The van der Waals surface area contributed by atoms with Crippen molar-refractivity contribution in [3.8, 4) is 0 Å². The van der Waals surface area contributed by atoms with Crippen LogP contribution in [0.3, 0.4) is 0 Å². The largest absolute Gasteiger partial charge is 0.374 e. The first-order valence-electron chi connectivity index (χ1n) is 7.84. The van der Waals surface area contributed by atoms with Crippen LogP contribution in [0, 0.1) is 10.1 Å². The van der Waals surface area contributed by atoms with Crippen LogP contribution >= 0.6 is 0 Å². The summed E-state index contributed by atoms with van der Waals surface area (Å²) in [5.74, 6) is -0.305. The van der Waals surface area contributed by atoms with E-state index in [1.165, 1.54) is 18.2 Å². The molecule has 1 fully saturated rings. The van der Waals surface area contributed by atoms with Crippen molar-refractivity contribution in [3.05, 3.63) is 34.9 Å². The molecule has 11 heteroatoms. The predicted octanol–water partition coefficient (Wildman–Crippen LogP) is 0.400. The van der Waals surface area contributed by atoms with Crippen LogP contribution in [0.2, 0.25) is 0 Å². The van der Waals surface area contributed by atoms with Crippen molar-refractivity contribution in [3.63, 3.8) is 0 Å². The topological polar surface area (TPSA) is 135 Å². The fourth-order valence-corrected chi connectivity index (χ4v) is 2.73. The number of hydrogen-bond donors (Lipinski definition) is 1. The Hall–Kier alpha value is -3.50. The van der Waals surface area contributed by atoms with Crippen molar-refractivity contribution in [2.24, 2.45) is 0 Å². The molecule has 0 radical (unpaired) electrons. The number of piperazine rings is 1. The van der Waals surface area contributed by atoms with E-state index in [0.717, 1.165) is 0 Å². The summed E-state index contributed by atoms with van der Waals surface area (Å²) in [6, 6.07) is 2.73. The smallest absolute Gasteiger partial charge is 0.300 e. The predicted molar refractivity (Wildman–Crippen MR) is 90.3 cm³/mol. The van der Waals surface area contributed by atoms with E-state index >= 15 is 0 Å². The van der Waals surface area contributed by atoms with E-state index in [1.807, 2.05) is 0 Å². The van der Waals surface area contributed by atoms with Crippen LogP contribution in [0.15, 0.2) is 29.4 Å². The lowest BCUT2D eigenvalue weighted by atomic mass is 10.2. The maximum Gasteiger partial charge on any atom is 0.300 e. The minimum absolute atomic E-state index is 0.0176. The minimum Gasteiger partial charge on any atom is -0.374 e. The van der Waals surface area contributed by atoms with E-state index in [-0.39, 0.29) is 35.1 Å². The summed E-state index contributed by atoms with van der Waals surface area (Å²) in [7, 11) is 0. The molecule has 0 aliphatic carbocycles. The number of nitro benzene ring substituents is 1. The van der Waals surface area contributed by atoms with Gasteiger partial charge in [0.1, 0.15) is 0 Å². The fraction of sp³-hybridized carbons (Fsp3) is 0.333. The molecule has 1 N–H and O–H groups in total. The lowest BCUT2D eigenvalue weighted by Gasteiger charge is -2.34. The third-order valence-corrected chi connectivity index (χ3v) is 4.14. The first-order valence-corrected chi connectivity index (χ1v) is 7.84. The van der Waals surface area contributed by atoms with Gasteiger partial charge in [0.25, 0.3) is 0 Å². The lowest BCUT2D eigenvalue weighted by Crippen LogP contribution is -2.51. The van der Waals surface area contributed by atoms with Crippen LogP contribution in [0.25, 0.3) is 11.0 Å². The summed E-state index contributed by atoms with van der Waals surface area (Å²) in [5.41, 5.74) is 0.402. The first kappa shape index (κ1) is 17.3. The maximum absolute atomic E-state index is 12.3. The number of nitro groups is 1. The molecule has 1 aliphatic heterocycles. The van der Waals surface area contributed by atoms with Crippen molar-refractivity contribution >= 4 is 34.2 Å². The molecule has 1 aromatic heterocycles. The van der Waals surface area contributed by atoms with Gasteiger partial charge < -0.3 is 15.1 Å². The molecule has 3 rings (SSSR count). The Balaban J connectivity index is 1.62. The minimum atomic E-state index is -0.578. The van der Waals surface area contributed by atoms with E-state index < -0.39 is 4.92 Å². The number of aromatic nitrogens is 2. The van der Waals surface area contributed by atoms with Gasteiger partial charge >= 0.3 is 5.69 Å². The molecule has 2 aromatic rings. The number of nitrogens with zero attached hydrogens (tertiary/aromatic N) is 5. The number of non-ortho nitro benzene ring substituents is 1. The van der Waals surface area contributed by atoms with Crippen LogP contribution in [0.5, 0.6) is 0 Å². The molecule has 0 saturated carbocycles. The van der Waals surface area contributed by atoms with E-state index in [0.29, 0.717) is 31.9 Å². The Morgan fingerprint density at radius 3 is 2.54 bits per heavy atom. The first-order chi connectivity index (χ1) is 12.5. The lowest BCUT2D eigenvalue weighted by molar-refractivity contribution is -0.383. The number of nitrogens with one attached hydrogen (secondary N) is 1. The quantitative estimate of drug-likeness (QED) is 0.460. The Bertz CT molecular complexity index is 871. The molecule has 136 valence electrons. The molecule has 1 aliphatic rings. The van der Waals surface area contributed by atoms with E-state index in [9.17, 15) is 19.7 Å². The van der Waals surface area contributed by atoms with Crippen molar-refractivity contribution in [2.75, 3.05) is 38.0 Å². The van der Waals surface area contributed by atoms with E-state index in [4.69, 9.17) is 0 Å². The summed E-state index contributed by atoms with van der Waals surface area (Å²) in [4.78, 5) is 37.6. The highest BCUT2D eigenvalue weighted by Crippen LogP contribution is 2.28. The SMILES string of the molecule is C=CC(=O)N1CCN(C(=O)CNc2ccc([N+](=O)[O-])c3nonc23)CC1. The third-order valence-electron chi connectivity index (χ3n) is 4.14. The number of benzene rings is 1. The van der Waals surface area contributed by atoms with Gasteiger partial charge in [-0.2, -0.15) is 0 Å². The fourth-order valence-electron chi connectivity index (χ4n) is 2.73. The van der Waals surface area contributed by atoms with Gasteiger partial charge in [0.15, 0.2) is 5.52 Å². The van der Waals surface area contributed by atoms with Gasteiger partial charge in [-0.05, 0) is 22.5 Å². The molecular weight excluding hydrogens is 344 g/mol. The van der Waals surface area contributed by atoms with Crippen LogP contribution in [0.1, 0.15) is 0 Å². The number of anilines is 1. The van der Waals surface area contributed by atoms with Crippen LogP contribution in [-0.4, -0.2) is 69.6 Å². The molecule has 1 saturated heterocycles. The van der Waals surface area contributed by atoms with Gasteiger partial charge in [0, 0.05) is 32.2 Å². The zero-order valence-corrected chi connectivity index (χ0v) is 13.8. The second kappa shape index (κ2) is 7.17. The van der Waals surface area contributed by atoms with Crippen LogP contribution in [0.4, 0.5) is 11.4 Å². The summed E-state index contributed by atoms with van der Waals surface area (Å²) >= 11 is 0. The molecule has 0 spiro atoms. The van der Waals surface area contributed by atoms with Gasteiger partial charge in [0.05, 0.1) is 17.2 Å². The molecule has 2 amide bonds. The zero-order valence-electron chi connectivity index (χ0n) is 13.8. The number of rotatable bonds is 5. The highest BCUT2D eigenvalue weighted by molar-refractivity contribution is 5.94. The summed E-state index contributed by atoms with van der Waals surface area (Å²) in [6.07, 6.45) is 1.25. The number of fused-ring (bicyclic) bond motifs is 1. The summed E-state index contributed by atoms with van der Waals surface area (Å²) in [6.45, 7) is 5.19. The molecule has 11 nitrogen and oxygen atoms in total. The molecule has 0 bridgehead atoms. The summed E-state index contributed by atoms with van der Waals surface area (Å²) in [5, 5.41) is 21.1. The van der Waals surface area contributed by atoms with Crippen molar-refractivity contribution in [1.82, 2.24) is 20.1 Å². The van der Waals surface area contributed by atoms with E-state index in [2.05, 4.69) is 26.8 Å². The van der Waals surface area contributed by atoms with Crippen LogP contribution in [-0.2, 0) is 9.59 Å². The Morgan fingerprint density at radius 2 is 1.88 bits per heavy atom. The normalized spacial score (nSPS) is 14.3. The van der Waals surface area contributed by atoms with Gasteiger partial charge in [-0.15, -0.1) is 0 Å². The van der Waals surface area contributed by atoms with Gasteiger partial charge in [-0.1, -0.05) is 6.58 Å². The number of hydrogen-bond acceptors (Lipinski definition) is 8. The van der Waals surface area contributed by atoms with Gasteiger partial charge in [-0.3, -0.25) is 19.7 Å². The molecule has 2 heterocycles. The van der Waals surface area contributed by atoms with Crippen LogP contribution < -0.4 is 5.32 Å². The third kappa shape index (κ3) is 3.31. The monoisotopic (exact) mass is 360 g/mol. The van der Waals surface area contributed by atoms with Crippen molar-refractivity contribution in [1.29, 1.82) is 0 Å². The average molecular weight is 360 g/mol. The maximum atomic E-state index is 12.3. The highest BCUT2D eigenvalue weighted by Gasteiger charge is 2.24. The standard InChI is InChI=1S/C15H16N6O5/c1-2-12(22)19-5-7-20(8-6-19)13(23)9-16-10-3-4-11(21(24)25)15-14(10)17-26-18-15/h2-4,16H,1,5-9H2. The Kier molecular flexibility index (Phi) is 4.78. The second-order valence-electron chi connectivity index (χ2n) is 5.61. The zero-order chi connectivity index (χ0) is 18.7. The Morgan fingerprint density at radius 1 is 1.23 bits per heavy atom. The second-order valence-corrected chi connectivity index (χ2v) is 5.61. The van der Waals surface area contributed by atoms with Gasteiger partial charge in [0.2, 0.25) is 17.3 Å². The molecular formula is C15H16N6O5. The average Bonchev–Trinajstić information content (AvgIpc) is 3.15. The Labute approximate surface area is 147 Å². The molecule has 0 atom stereocenters. The molecule has 1 aromatic carbocycles. The van der Waals surface area contributed by atoms with Crippen molar-refractivity contribution < 1.29 is 19.1 Å². The van der Waals surface area contributed by atoms with Crippen molar-refractivity contribution in [2.45, 2.75) is 0 Å². The molecule has 0 unspecified atom stereocenters. The summed E-state index contributed by atoms with van der Waals surface area (Å²) < 4.78 is 4.58. The highest BCUT2D eigenvalue weighted by atomic mass is 16.6. The van der Waals surface area contributed by atoms with Gasteiger partial charge in [-0.25, -0.2) is 4.63 Å². The number of carbonyl (C=O) groups excluding carboxylic acids is 2. The van der Waals surface area contributed by atoms with E-state index in [1.54, 1.807) is 9.80 Å².